The van der Waals surface area contributed by atoms with Gasteiger partial charge in [-0.3, -0.25) is 14.5 Å². The molecule has 1 aliphatic heterocycles. The molecule has 15 heavy (non-hydrogen) atoms. The molecule has 1 heterocycles. The van der Waals surface area contributed by atoms with E-state index in [0.29, 0.717) is 26.1 Å². The number of nitrogens with zero attached hydrogens (tertiary/aromatic N) is 1. The number of carbonyl (C=O) groups excluding carboxylic acids is 1. The van der Waals surface area contributed by atoms with Crippen LogP contribution in [0.4, 0.5) is 0 Å². The van der Waals surface area contributed by atoms with Gasteiger partial charge >= 0.3 is 5.97 Å². The number of carbonyl (C=O) groups is 2. The summed E-state index contributed by atoms with van der Waals surface area (Å²) in [7, 11) is 0. The number of hydrogen-bond acceptors (Lipinski definition) is 4. The Hall–Kier alpha value is -1.14. The highest BCUT2D eigenvalue weighted by atomic mass is 16.5. The lowest BCUT2D eigenvalue weighted by Gasteiger charge is -2.31. The van der Waals surface area contributed by atoms with Crippen LogP contribution in [0.1, 0.15) is 12.8 Å². The van der Waals surface area contributed by atoms with Crippen LogP contribution in [0.2, 0.25) is 0 Å². The van der Waals surface area contributed by atoms with Gasteiger partial charge in [0.15, 0.2) is 0 Å². The molecule has 1 aliphatic rings. The zero-order chi connectivity index (χ0) is 11.3. The Labute approximate surface area is 88.0 Å². The number of hydrogen-bond donors (Lipinski definition) is 2. The van der Waals surface area contributed by atoms with Crippen LogP contribution >= 0.6 is 0 Å². The lowest BCUT2D eigenvalue weighted by atomic mass is 10.2. The standard InChI is InChI=1S/C9H16N2O4/c10-8(12)1-2-11-3-4-15-7(6-11)5-9(13)14/h7H,1-6H2,(H2,10,12)(H,13,14). The fourth-order valence-corrected chi connectivity index (χ4v) is 1.57. The van der Waals surface area contributed by atoms with E-state index in [1.807, 2.05) is 4.90 Å². The van der Waals surface area contributed by atoms with Crippen molar-refractivity contribution >= 4 is 11.9 Å². The molecule has 1 atom stereocenters. The molecule has 0 radical (unpaired) electrons. The van der Waals surface area contributed by atoms with Gasteiger partial charge in [-0.15, -0.1) is 0 Å². The van der Waals surface area contributed by atoms with Crippen molar-refractivity contribution in [2.75, 3.05) is 26.2 Å². The number of ether oxygens (including phenoxy) is 1. The van der Waals surface area contributed by atoms with Crippen molar-refractivity contribution in [1.82, 2.24) is 4.90 Å². The molecule has 0 saturated carbocycles. The minimum absolute atomic E-state index is 0.00702. The molecule has 1 amide bonds. The van der Waals surface area contributed by atoms with E-state index in [1.54, 1.807) is 0 Å². The highest BCUT2D eigenvalue weighted by Crippen LogP contribution is 2.08. The minimum atomic E-state index is -0.864. The summed E-state index contributed by atoms with van der Waals surface area (Å²) in [6, 6.07) is 0. The average molecular weight is 216 g/mol. The average Bonchev–Trinajstić information content (AvgIpc) is 2.14. The fourth-order valence-electron chi connectivity index (χ4n) is 1.57. The molecule has 1 rings (SSSR count). The van der Waals surface area contributed by atoms with Gasteiger partial charge in [0, 0.05) is 26.1 Å². The van der Waals surface area contributed by atoms with Crippen molar-refractivity contribution in [2.24, 2.45) is 5.73 Å². The van der Waals surface area contributed by atoms with Gasteiger partial charge < -0.3 is 15.6 Å². The molecule has 0 spiro atoms. The number of carboxylic acids is 1. The van der Waals surface area contributed by atoms with E-state index in [1.165, 1.54) is 0 Å². The Morgan fingerprint density at radius 1 is 1.53 bits per heavy atom. The SMILES string of the molecule is NC(=O)CCN1CCOC(CC(=O)O)C1. The van der Waals surface area contributed by atoms with Crippen LogP contribution in [0.3, 0.4) is 0 Å². The van der Waals surface area contributed by atoms with E-state index >= 15 is 0 Å². The number of amides is 1. The molecule has 1 fully saturated rings. The zero-order valence-corrected chi connectivity index (χ0v) is 8.52. The second kappa shape index (κ2) is 5.67. The molecular weight excluding hydrogens is 200 g/mol. The number of primary amides is 1. The van der Waals surface area contributed by atoms with Crippen molar-refractivity contribution in [3.63, 3.8) is 0 Å². The third-order valence-electron chi connectivity index (χ3n) is 2.30. The third kappa shape index (κ3) is 4.75. The topological polar surface area (TPSA) is 92.9 Å². The molecule has 6 heteroatoms. The second-order valence-corrected chi connectivity index (χ2v) is 3.61. The monoisotopic (exact) mass is 216 g/mol. The molecule has 1 unspecified atom stereocenters. The molecule has 0 aromatic carbocycles. The summed E-state index contributed by atoms with van der Waals surface area (Å²) in [5, 5.41) is 8.60. The van der Waals surface area contributed by atoms with Gasteiger partial charge in [0.2, 0.25) is 5.91 Å². The first-order valence-electron chi connectivity index (χ1n) is 4.92. The molecule has 0 aromatic heterocycles. The van der Waals surface area contributed by atoms with Crippen LogP contribution in [0.25, 0.3) is 0 Å². The van der Waals surface area contributed by atoms with Gasteiger partial charge in [-0.2, -0.15) is 0 Å². The Morgan fingerprint density at radius 2 is 2.27 bits per heavy atom. The van der Waals surface area contributed by atoms with Crippen molar-refractivity contribution in [3.05, 3.63) is 0 Å². The summed E-state index contributed by atoms with van der Waals surface area (Å²) < 4.78 is 5.29. The third-order valence-corrected chi connectivity index (χ3v) is 2.30. The lowest BCUT2D eigenvalue weighted by Crippen LogP contribution is -2.44. The normalized spacial score (nSPS) is 22.5. The molecular formula is C9H16N2O4. The summed E-state index contributed by atoms with van der Waals surface area (Å²) in [4.78, 5) is 23.0. The number of nitrogens with two attached hydrogens (primary N) is 1. The van der Waals surface area contributed by atoms with Gasteiger partial charge in [-0.05, 0) is 0 Å². The van der Waals surface area contributed by atoms with E-state index in [2.05, 4.69) is 0 Å². The molecule has 0 aliphatic carbocycles. The van der Waals surface area contributed by atoms with Crippen LogP contribution in [0.5, 0.6) is 0 Å². The van der Waals surface area contributed by atoms with Crippen molar-refractivity contribution in [1.29, 1.82) is 0 Å². The highest BCUT2D eigenvalue weighted by molar-refractivity contribution is 5.73. The largest absolute Gasteiger partial charge is 0.481 e. The van der Waals surface area contributed by atoms with Gasteiger partial charge in [0.25, 0.3) is 0 Å². The predicted octanol–water partition coefficient (Wildman–Crippen LogP) is -0.963. The van der Waals surface area contributed by atoms with Crippen LogP contribution in [0, 0.1) is 0 Å². The summed E-state index contributed by atoms with van der Waals surface area (Å²) >= 11 is 0. The van der Waals surface area contributed by atoms with Crippen molar-refractivity contribution < 1.29 is 19.4 Å². The lowest BCUT2D eigenvalue weighted by molar-refractivity contribution is -0.142. The Bertz CT molecular complexity index is 244. The molecule has 1 saturated heterocycles. The van der Waals surface area contributed by atoms with Gasteiger partial charge in [-0.1, -0.05) is 0 Å². The summed E-state index contributed by atoms with van der Waals surface area (Å²) in [5.74, 6) is -1.20. The first-order valence-corrected chi connectivity index (χ1v) is 4.92. The van der Waals surface area contributed by atoms with Crippen LogP contribution in [-0.2, 0) is 14.3 Å². The smallest absolute Gasteiger partial charge is 0.306 e. The molecule has 3 N–H and O–H groups in total. The maximum atomic E-state index is 10.6. The maximum Gasteiger partial charge on any atom is 0.306 e. The number of morpholine rings is 1. The van der Waals surface area contributed by atoms with E-state index in [-0.39, 0.29) is 18.4 Å². The zero-order valence-electron chi connectivity index (χ0n) is 8.52. The molecule has 0 bridgehead atoms. The Kier molecular flexibility index (Phi) is 4.51. The number of carboxylic acid groups (broad SMARTS) is 1. The van der Waals surface area contributed by atoms with E-state index in [9.17, 15) is 9.59 Å². The first kappa shape index (κ1) is 11.9. The van der Waals surface area contributed by atoms with Crippen molar-refractivity contribution in [3.8, 4) is 0 Å². The maximum absolute atomic E-state index is 10.6. The molecule has 6 nitrogen and oxygen atoms in total. The van der Waals surface area contributed by atoms with Crippen LogP contribution in [0.15, 0.2) is 0 Å². The predicted molar refractivity (Wildman–Crippen MR) is 52.2 cm³/mol. The Balaban J connectivity index is 2.28. The summed E-state index contributed by atoms with van der Waals surface area (Å²) in [6.07, 6.45) is 0.0384. The van der Waals surface area contributed by atoms with Gasteiger partial charge in [0.1, 0.15) is 0 Å². The first-order chi connectivity index (χ1) is 7.08. The molecule has 0 aromatic rings. The highest BCUT2D eigenvalue weighted by Gasteiger charge is 2.22. The van der Waals surface area contributed by atoms with E-state index in [4.69, 9.17) is 15.6 Å². The number of aliphatic carboxylic acids is 1. The summed E-state index contributed by atoms with van der Waals surface area (Å²) in [6.45, 7) is 2.37. The Morgan fingerprint density at radius 3 is 2.87 bits per heavy atom. The van der Waals surface area contributed by atoms with Crippen LogP contribution in [-0.4, -0.2) is 54.2 Å². The van der Waals surface area contributed by atoms with Crippen molar-refractivity contribution in [2.45, 2.75) is 18.9 Å². The minimum Gasteiger partial charge on any atom is -0.481 e. The fraction of sp³-hybridized carbons (Fsp3) is 0.778. The quantitative estimate of drug-likeness (QED) is 0.617. The van der Waals surface area contributed by atoms with Gasteiger partial charge in [0.05, 0.1) is 19.1 Å². The van der Waals surface area contributed by atoms with Gasteiger partial charge in [-0.25, -0.2) is 0 Å². The van der Waals surface area contributed by atoms with E-state index in [0.717, 1.165) is 6.54 Å². The molecule has 86 valence electrons. The second-order valence-electron chi connectivity index (χ2n) is 3.61. The summed E-state index contributed by atoms with van der Waals surface area (Å²) in [5.41, 5.74) is 5.03. The van der Waals surface area contributed by atoms with Crippen LogP contribution < -0.4 is 5.73 Å². The van der Waals surface area contributed by atoms with E-state index < -0.39 is 5.97 Å². The number of rotatable bonds is 5.